The first-order valence-corrected chi connectivity index (χ1v) is 13.6. The third-order valence-corrected chi connectivity index (χ3v) is 7.60. The van der Waals surface area contributed by atoms with E-state index in [4.69, 9.17) is 9.31 Å². The number of unbranched alkanes of at least 4 members (excludes halogenated alkanes) is 1. The molecule has 0 radical (unpaired) electrons. The number of allylic oxidation sites excluding steroid dienone is 1. The Labute approximate surface area is 212 Å². The van der Waals surface area contributed by atoms with Crippen LogP contribution >= 0.6 is 0 Å². The zero-order valence-corrected chi connectivity index (χ0v) is 21.9. The second-order valence-electron chi connectivity index (χ2n) is 10.2. The van der Waals surface area contributed by atoms with E-state index in [0.29, 0.717) is 20.7 Å². The number of carbonyl (C=O) groups is 1. The van der Waals surface area contributed by atoms with Crippen LogP contribution in [0.5, 0.6) is 0 Å². The first kappa shape index (κ1) is 27.7. The fourth-order valence-electron chi connectivity index (χ4n) is 5.53. The van der Waals surface area contributed by atoms with E-state index < -0.39 is 11.7 Å². The molecule has 2 bridgehead atoms. The Morgan fingerprint density at radius 3 is 2.80 bits per heavy atom. The fraction of sp³-hybridized carbons (Fsp3) is 0.621. The number of hydrogen-bond acceptors (Lipinski definition) is 4. The third-order valence-electron chi connectivity index (χ3n) is 7.60. The lowest BCUT2D eigenvalue weighted by Gasteiger charge is -2.36. The van der Waals surface area contributed by atoms with Gasteiger partial charge in [-0.25, -0.2) is 0 Å². The molecule has 1 aromatic carbocycles. The van der Waals surface area contributed by atoms with Gasteiger partial charge in [0.25, 0.3) is 0 Å². The Balaban J connectivity index is 1.61. The smallest absolute Gasteiger partial charge is 0.411 e. The molecule has 1 aromatic rings. The largest absolute Gasteiger partial charge is 0.438 e. The quantitative estimate of drug-likeness (QED) is 0.289. The van der Waals surface area contributed by atoms with Crippen molar-refractivity contribution in [2.75, 3.05) is 6.54 Å². The van der Waals surface area contributed by atoms with Crippen LogP contribution in [0.3, 0.4) is 0 Å². The molecule has 5 atom stereocenters. The molecule has 3 rings (SSSR count). The summed E-state index contributed by atoms with van der Waals surface area (Å²) in [4.78, 5) is 12.5. The Bertz CT molecular complexity index is 842. The first-order valence-electron chi connectivity index (χ1n) is 13.6. The second kappa shape index (κ2) is 14.0. The van der Waals surface area contributed by atoms with Gasteiger partial charge in [-0.15, -0.1) is 0 Å². The Hall–Kier alpha value is -1.89. The van der Waals surface area contributed by atoms with Crippen molar-refractivity contribution in [3.63, 3.8) is 0 Å². The second-order valence-corrected chi connectivity index (χ2v) is 10.2. The van der Waals surface area contributed by atoms with E-state index in [9.17, 15) is 9.90 Å². The van der Waals surface area contributed by atoms with Crippen LogP contribution in [0.25, 0.3) is 0 Å². The molecule has 1 saturated carbocycles. The number of aliphatic hydroxyl groups is 1. The lowest BCUT2D eigenvalue weighted by Crippen LogP contribution is -2.40. The van der Waals surface area contributed by atoms with Gasteiger partial charge in [0.05, 0.1) is 11.7 Å². The van der Waals surface area contributed by atoms with Crippen LogP contribution in [-0.4, -0.2) is 43.1 Å². The summed E-state index contributed by atoms with van der Waals surface area (Å²) in [5, 5.41) is 13.6. The highest BCUT2D eigenvalue weighted by atomic mass is 16.6. The molecule has 2 fully saturated rings. The van der Waals surface area contributed by atoms with Crippen LogP contribution in [0.1, 0.15) is 77.7 Å². The zero-order chi connectivity index (χ0) is 25.1. The molecule has 1 aliphatic heterocycles. The van der Waals surface area contributed by atoms with Crippen LogP contribution in [0.15, 0.2) is 54.1 Å². The molecule has 2 aliphatic rings. The van der Waals surface area contributed by atoms with E-state index in [2.05, 4.69) is 43.4 Å². The summed E-state index contributed by atoms with van der Waals surface area (Å²) in [6.07, 6.45) is 14.2. The summed E-state index contributed by atoms with van der Waals surface area (Å²) in [7, 11) is 0.301. The number of amides is 1. The van der Waals surface area contributed by atoms with Crippen LogP contribution in [-0.2, 0) is 20.5 Å². The standard InChI is InChI=1S/C29H44BNO4/c1-4-6-14-24(28(33)31-5-2)15-10-11-22(3)27-20-26-21-29(27,35-30-34-26)19-18-25(32)17-16-23-12-8-7-9-13-23/h7-9,11-13,18-19,24-27,30,32H,4-6,10,14-17,20-21H2,1-3H3,(H,31,33)/b19-18+,22-11?/t24?,25-,26?,27?,29?/m0/s1. The van der Waals surface area contributed by atoms with Crippen molar-refractivity contribution in [2.24, 2.45) is 11.8 Å². The molecule has 2 N–H and O–H groups in total. The van der Waals surface area contributed by atoms with E-state index in [1.54, 1.807) is 0 Å². The van der Waals surface area contributed by atoms with Crippen LogP contribution in [0, 0.1) is 11.8 Å². The average molecular weight is 481 g/mol. The third kappa shape index (κ3) is 8.06. The van der Waals surface area contributed by atoms with Crippen molar-refractivity contribution in [1.82, 2.24) is 5.32 Å². The maximum atomic E-state index is 12.5. The summed E-state index contributed by atoms with van der Waals surface area (Å²) < 4.78 is 12.1. The zero-order valence-electron chi connectivity index (χ0n) is 21.9. The minimum absolute atomic E-state index is 0.0787. The van der Waals surface area contributed by atoms with Gasteiger partial charge in [-0.05, 0) is 57.9 Å². The predicted octanol–water partition coefficient (Wildman–Crippen LogP) is 5.04. The van der Waals surface area contributed by atoms with Gasteiger partial charge in [-0.3, -0.25) is 4.79 Å². The predicted molar refractivity (Wildman–Crippen MR) is 143 cm³/mol. The van der Waals surface area contributed by atoms with Gasteiger partial charge in [-0.1, -0.05) is 73.9 Å². The van der Waals surface area contributed by atoms with Crippen molar-refractivity contribution < 1.29 is 19.2 Å². The molecule has 192 valence electrons. The molecule has 5 nitrogen and oxygen atoms in total. The normalized spacial score (nSPS) is 25.9. The lowest BCUT2D eigenvalue weighted by molar-refractivity contribution is -0.125. The lowest BCUT2D eigenvalue weighted by atomic mass is 9.82. The number of fused-ring (bicyclic) bond motifs is 2. The Morgan fingerprint density at radius 1 is 1.26 bits per heavy atom. The van der Waals surface area contributed by atoms with Crippen molar-refractivity contribution in [2.45, 2.75) is 96.4 Å². The molecule has 6 heteroatoms. The number of hydrogen-bond donors (Lipinski definition) is 2. The SMILES string of the molecule is CCCCC(CCC=C(C)C1CC2CC1(/C=C/[C@@H](O)CCc1ccccc1)OBO2)C(=O)NCC. The highest BCUT2D eigenvalue weighted by Crippen LogP contribution is 2.47. The Morgan fingerprint density at radius 2 is 2.06 bits per heavy atom. The molecule has 0 spiro atoms. The van der Waals surface area contributed by atoms with Crippen molar-refractivity contribution in [3.8, 4) is 0 Å². The van der Waals surface area contributed by atoms with Crippen LogP contribution < -0.4 is 5.32 Å². The average Bonchev–Trinajstić information content (AvgIpc) is 3.13. The van der Waals surface area contributed by atoms with Crippen molar-refractivity contribution in [3.05, 3.63) is 59.7 Å². The summed E-state index contributed by atoms with van der Waals surface area (Å²) in [5.41, 5.74) is 2.12. The van der Waals surface area contributed by atoms with Crippen LogP contribution in [0.4, 0.5) is 0 Å². The topological polar surface area (TPSA) is 67.8 Å². The molecule has 1 heterocycles. The van der Waals surface area contributed by atoms with E-state index in [0.717, 1.165) is 51.4 Å². The summed E-state index contributed by atoms with van der Waals surface area (Å²) >= 11 is 0. The van der Waals surface area contributed by atoms with Gasteiger partial charge >= 0.3 is 7.69 Å². The number of aliphatic hydroxyl groups excluding tert-OH is 1. The van der Waals surface area contributed by atoms with Gasteiger partial charge in [-0.2, -0.15) is 0 Å². The first-order chi connectivity index (χ1) is 17.0. The summed E-state index contributed by atoms with van der Waals surface area (Å²) in [6.45, 7) is 7.02. The highest BCUT2D eigenvalue weighted by molar-refractivity contribution is 6.18. The van der Waals surface area contributed by atoms with Crippen LogP contribution in [0.2, 0.25) is 0 Å². The minimum atomic E-state index is -0.503. The molecule has 0 aromatic heterocycles. The summed E-state index contributed by atoms with van der Waals surface area (Å²) in [6, 6.07) is 10.3. The number of nitrogens with one attached hydrogen (secondary N) is 1. The maximum Gasteiger partial charge on any atom is 0.438 e. The Kier molecular flexibility index (Phi) is 11.1. The molecule has 35 heavy (non-hydrogen) atoms. The molecule has 1 aliphatic carbocycles. The van der Waals surface area contributed by atoms with Crippen molar-refractivity contribution >= 4 is 13.6 Å². The van der Waals surface area contributed by atoms with Gasteiger partial charge < -0.3 is 19.7 Å². The maximum absolute atomic E-state index is 12.5. The van der Waals surface area contributed by atoms with Gasteiger partial charge in [0.1, 0.15) is 0 Å². The number of rotatable bonds is 14. The molecule has 4 unspecified atom stereocenters. The molecular formula is C29H44BNO4. The van der Waals surface area contributed by atoms with E-state index in [1.807, 2.05) is 31.2 Å². The number of carbonyl (C=O) groups excluding carboxylic acids is 1. The monoisotopic (exact) mass is 481 g/mol. The fourth-order valence-corrected chi connectivity index (χ4v) is 5.53. The minimum Gasteiger partial charge on any atom is -0.411 e. The summed E-state index contributed by atoms with van der Waals surface area (Å²) in [5.74, 6) is 0.491. The molecular weight excluding hydrogens is 437 g/mol. The molecule has 1 amide bonds. The number of aryl methyl sites for hydroxylation is 1. The van der Waals surface area contributed by atoms with E-state index in [-0.39, 0.29) is 23.8 Å². The number of benzene rings is 1. The van der Waals surface area contributed by atoms with Crippen molar-refractivity contribution in [1.29, 1.82) is 0 Å². The van der Waals surface area contributed by atoms with Gasteiger partial charge in [0, 0.05) is 30.9 Å². The van der Waals surface area contributed by atoms with Gasteiger partial charge in [0.15, 0.2) is 0 Å². The van der Waals surface area contributed by atoms with E-state index in [1.165, 1.54) is 11.1 Å². The van der Waals surface area contributed by atoms with E-state index >= 15 is 0 Å². The highest BCUT2D eigenvalue weighted by Gasteiger charge is 2.50. The molecule has 1 saturated heterocycles. The van der Waals surface area contributed by atoms with Gasteiger partial charge in [0.2, 0.25) is 5.91 Å².